The Balaban J connectivity index is 2.56. The number of halogens is 3. The van der Waals surface area contributed by atoms with Crippen LogP contribution < -0.4 is 4.74 Å². The largest absolute Gasteiger partial charge is 0.443 e. The van der Waals surface area contributed by atoms with Gasteiger partial charge in [0, 0.05) is 25.2 Å². The van der Waals surface area contributed by atoms with E-state index >= 15 is 0 Å². The van der Waals surface area contributed by atoms with Gasteiger partial charge in [0.15, 0.2) is 0 Å². The lowest BCUT2D eigenvalue weighted by Crippen LogP contribution is -2.30. The number of sulfonamides is 1. The maximum absolute atomic E-state index is 12.8. The molecule has 0 spiro atoms. The Bertz CT molecular complexity index is 1120. The zero-order valence-electron chi connectivity index (χ0n) is 16.1. The molecule has 0 fully saturated rings. The molecule has 0 N–H and O–H groups in total. The van der Waals surface area contributed by atoms with Crippen molar-refractivity contribution in [2.75, 3.05) is 13.1 Å². The van der Waals surface area contributed by atoms with E-state index in [1.54, 1.807) is 13.8 Å². The molecular formula is C17H16F3N3O7S. The smallest absolute Gasteiger partial charge is 0.416 e. The third kappa shape index (κ3) is 5.08. The van der Waals surface area contributed by atoms with Crippen LogP contribution in [0.2, 0.25) is 0 Å². The molecule has 0 amide bonds. The van der Waals surface area contributed by atoms with E-state index in [9.17, 15) is 41.8 Å². The van der Waals surface area contributed by atoms with Gasteiger partial charge in [-0.2, -0.15) is 17.5 Å². The summed E-state index contributed by atoms with van der Waals surface area (Å²) in [5.74, 6) is -1.26. The Morgan fingerprint density at radius 2 is 1.42 bits per heavy atom. The fraction of sp³-hybridized carbons (Fsp3) is 0.294. The Kier molecular flexibility index (Phi) is 6.86. The molecule has 2 rings (SSSR count). The normalized spacial score (nSPS) is 12.1. The second-order valence-corrected chi connectivity index (χ2v) is 7.95. The third-order valence-corrected chi connectivity index (χ3v) is 6.22. The van der Waals surface area contributed by atoms with Gasteiger partial charge in [0.25, 0.3) is 0 Å². The molecule has 0 aliphatic carbocycles. The molecular weight excluding hydrogens is 447 g/mol. The molecule has 0 radical (unpaired) electrons. The van der Waals surface area contributed by atoms with Crippen LogP contribution in [0, 0.1) is 20.2 Å². The summed E-state index contributed by atoms with van der Waals surface area (Å²) >= 11 is 0. The zero-order chi connectivity index (χ0) is 23.6. The van der Waals surface area contributed by atoms with E-state index in [-0.39, 0.29) is 19.2 Å². The van der Waals surface area contributed by atoms with Crippen LogP contribution in [0.4, 0.5) is 24.5 Å². The van der Waals surface area contributed by atoms with Crippen molar-refractivity contribution in [1.82, 2.24) is 4.31 Å². The van der Waals surface area contributed by atoms with Crippen LogP contribution in [0.3, 0.4) is 0 Å². The summed E-state index contributed by atoms with van der Waals surface area (Å²) in [5, 5.41) is 22.6. The molecule has 0 bridgehead atoms. The summed E-state index contributed by atoms with van der Waals surface area (Å²) in [4.78, 5) is 20.1. The van der Waals surface area contributed by atoms with Crippen molar-refractivity contribution in [3.8, 4) is 11.5 Å². The summed E-state index contributed by atoms with van der Waals surface area (Å²) in [7, 11) is -4.05. The Morgan fingerprint density at radius 1 is 0.935 bits per heavy atom. The lowest BCUT2D eigenvalue weighted by Gasteiger charge is -2.18. The van der Waals surface area contributed by atoms with E-state index < -0.39 is 59.4 Å². The van der Waals surface area contributed by atoms with Crippen molar-refractivity contribution in [3.05, 3.63) is 62.2 Å². The number of hydrogen-bond donors (Lipinski definition) is 0. The van der Waals surface area contributed by atoms with E-state index in [4.69, 9.17) is 4.74 Å². The molecule has 0 aliphatic rings. The number of benzene rings is 2. The number of nitrogens with zero attached hydrogens (tertiary/aromatic N) is 3. The van der Waals surface area contributed by atoms with Crippen LogP contribution in [-0.4, -0.2) is 35.7 Å². The maximum Gasteiger partial charge on any atom is 0.416 e. The van der Waals surface area contributed by atoms with Crippen LogP contribution in [0.5, 0.6) is 11.5 Å². The van der Waals surface area contributed by atoms with Gasteiger partial charge in [-0.05, 0) is 24.3 Å². The first-order chi connectivity index (χ1) is 14.3. The van der Waals surface area contributed by atoms with Crippen LogP contribution >= 0.6 is 0 Å². The third-order valence-electron chi connectivity index (χ3n) is 4.17. The van der Waals surface area contributed by atoms with E-state index in [0.29, 0.717) is 12.1 Å². The fourth-order valence-electron chi connectivity index (χ4n) is 2.64. The van der Waals surface area contributed by atoms with Gasteiger partial charge >= 0.3 is 17.6 Å². The van der Waals surface area contributed by atoms with Gasteiger partial charge < -0.3 is 4.74 Å². The second-order valence-electron chi connectivity index (χ2n) is 6.02. The molecule has 14 heteroatoms. The first kappa shape index (κ1) is 24.0. The number of nitro groups is 2. The van der Waals surface area contributed by atoms with Crippen molar-refractivity contribution in [2.24, 2.45) is 0 Å². The standard InChI is InChI=1S/C17H16F3N3O7S/c1-3-21(4-2)31(28,29)12-6-8-16(14(10-12)23(26)27)30-15-7-5-11(17(18,19)20)9-13(15)22(24)25/h5-10H,3-4H2,1-2H3. The number of nitro benzene ring substituents is 2. The lowest BCUT2D eigenvalue weighted by molar-refractivity contribution is -0.387. The second kappa shape index (κ2) is 8.85. The van der Waals surface area contributed by atoms with Gasteiger partial charge in [-0.1, -0.05) is 13.8 Å². The highest BCUT2D eigenvalue weighted by molar-refractivity contribution is 7.89. The zero-order valence-corrected chi connectivity index (χ0v) is 16.9. The minimum absolute atomic E-state index is 0.114. The molecule has 2 aromatic carbocycles. The highest BCUT2D eigenvalue weighted by Crippen LogP contribution is 2.40. The van der Waals surface area contributed by atoms with E-state index in [1.807, 2.05) is 0 Å². The Labute approximate surface area is 174 Å². The summed E-state index contributed by atoms with van der Waals surface area (Å²) < 4.78 is 69.9. The molecule has 0 saturated heterocycles. The first-order valence-corrected chi connectivity index (χ1v) is 10.1. The quantitative estimate of drug-likeness (QED) is 0.420. The predicted octanol–water partition coefficient (Wildman–Crippen LogP) is 4.34. The average molecular weight is 463 g/mol. The molecule has 0 aliphatic heterocycles. The van der Waals surface area contributed by atoms with Crippen LogP contribution in [0.25, 0.3) is 0 Å². The molecule has 2 aromatic rings. The number of hydrogen-bond acceptors (Lipinski definition) is 7. The van der Waals surface area contributed by atoms with Crippen LogP contribution in [0.15, 0.2) is 41.3 Å². The molecule has 31 heavy (non-hydrogen) atoms. The average Bonchev–Trinajstić information content (AvgIpc) is 2.67. The van der Waals surface area contributed by atoms with Crippen molar-refractivity contribution in [3.63, 3.8) is 0 Å². The van der Waals surface area contributed by atoms with Crippen molar-refractivity contribution in [1.29, 1.82) is 0 Å². The lowest BCUT2D eigenvalue weighted by atomic mass is 10.2. The number of rotatable bonds is 8. The number of ether oxygens (including phenoxy) is 1. The molecule has 0 heterocycles. The van der Waals surface area contributed by atoms with Gasteiger partial charge in [0.05, 0.1) is 20.3 Å². The monoisotopic (exact) mass is 463 g/mol. The van der Waals surface area contributed by atoms with E-state index in [0.717, 1.165) is 22.5 Å². The Morgan fingerprint density at radius 3 is 1.87 bits per heavy atom. The summed E-state index contributed by atoms with van der Waals surface area (Å²) in [6.45, 7) is 3.39. The minimum atomic E-state index is -4.85. The van der Waals surface area contributed by atoms with Crippen LogP contribution in [0.1, 0.15) is 19.4 Å². The summed E-state index contributed by atoms with van der Waals surface area (Å²) in [5.41, 5.74) is -3.20. The van der Waals surface area contributed by atoms with E-state index in [1.165, 1.54) is 0 Å². The van der Waals surface area contributed by atoms with Gasteiger partial charge in [0.2, 0.25) is 21.5 Å². The van der Waals surface area contributed by atoms with Crippen molar-refractivity contribution in [2.45, 2.75) is 24.9 Å². The molecule has 0 saturated carbocycles. The molecule has 0 aromatic heterocycles. The van der Waals surface area contributed by atoms with Gasteiger partial charge in [-0.15, -0.1) is 0 Å². The van der Waals surface area contributed by atoms with Crippen molar-refractivity contribution < 1.29 is 36.2 Å². The first-order valence-electron chi connectivity index (χ1n) is 8.65. The Hall–Kier alpha value is -3.26. The van der Waals surface area contributed by atoms with Gasteiger partial charge in [0.1, 0.15) is 0 Å². The van der Waals surface area contributed by atoms with E-state index in [2.05, 4.69) is 0 Å². The number of alkyl halides is 3. The molecule has 0 unspecified atom stereocenters. The molecule has 0 atom stereocenters. The van der Waals surface area contributed by atoms with Crippen LogP contribution in [-0.2, 0) is 16.2 Å². The van der Waals surface area contributed by atoms with Crippen molar-refractivity contribution >= 4 is 21.4 Å². The highest BCUT2D eigenvalue weighted by Gasteiger charge is 2.34. The SMILES string of the molecule is CCN(CC)S(=O)(=O)c1ccc(Oc2ccc(C(F)(F)F)cc2[N+](=O)[O-])c([N+](=O)[O-])c1. The molecule has 168 valence electrons. The fourth-order valence-corrected chi connectivity index (χ4v) is 4.12. The molecule has 10 nitrogen and oxygen atoms in total. The minimum Gasteiger partial charge on any atom is -0.443 e. The predicted molar refractivity (Wildman–Crippen MR) is 101 cm³/mol. The maximum atomic E-state index is 12.8. The summed E-state index contributed by atoms with van der Waals surface area (Å²) in [6.07, 6.45) is -4.85. The summed E-state index contributed by atoms with van der Waals surface area (Å²) in [6, 6.07) is 4.06. The topological polar surface area (TPSA) is 133 Å². The highest BCUT2D eigenvalue weighted by atomic mass is 32.2. The van der Waals surface area contributed by atoms with Gasteiger partial charge in [-0.25, -0.2) is 8.42 Å². The van der Waals surface area contributed by atoms with Gasteiger partial charge in [-0.3, -0.25) is 20.2 Å².